The van der Waals surface area contributed by atoms with Crippen molar-refractivity contribution in [2.24, 2.45) is 11.3 Å². The first-order valence-electron chi connectivity index (χ1n) is 9.96. The van der Waals surface area contributed by atoms with Gasteiger partial charge >= 0.3 is 0 Å². The predicted molar refractivity (Wildman–Crippen MR) is 112 cm³/mol. The molecular weight excluding hydrogens is 491 g/mol. The van der Waals surface area contributed by atoms with E-state index in [0.717, 1.165) is 6.42 Å². The molecule has 2 aliphatic carbocycles. The second-order valence-corrected chi connectivity index (χ2v) is 7.71. The summed E-state index contributed by atoms with van der Waals surface area (Å²) in [6, 6.07) is 18.1. The van der Waals surface area contributed by atoms with E-state index in [-0.39, 0.29) is 31.3 Å². The van der Waals surface area contributed by atoms with E-state index in [4.69, 9.17) is 0 Å². The first kappa shape index (κ1) is 20.3. The molecule has 4 rings (SSSR count). The summed E-state index contributed by atoms with van der Waals surface area (Å²) in [5.41, 5.74) is 6.09. The Kier molecular flexibility index (Phi) is 6.52. The molecule has 0 aromatic heterocycles. The van der Waals surface area contributed by atoms with Crippen LogP contribution in [0.5, 0.6) is 0 Å². The van der Waals surface area contributed by atoms with Crippen LogP contribution in [0.2, 0.25) is 0 Å². The largest absolute Gasteiger partial charge is 0.103 e. The van der Waals surface area contributed by atoms with E-state index in [2.05, 4.69) is 92.4 Å². The monoisotopic (exact) mass is 520 g/mol. The molecular formula is C26H28Hf. The SMILES string of the molecule is C=CCCC(CCC)(C1C=CC=C1)C1c2ccccc2-c2ccccc21.[Hf]. The molecule has 0 aliphatic heterocycles. The van der Waals surface area contributed by atoms with E-state index in [1.165, 1.54) is 41.5 Å². The molecule has 1 unspecified atom stereocenters. The topological polar surface area (TPSA) is 0 Å². The Morgan fingerprint density at radius 1 is 0.889 bits per heavy atom. The minimum atomic E-state index is 0. The van der Waals surface area contributed by atoms with Gasteiger partial charge in [0.05, 0.1) is 0 Å². The van der Waals surface area contributed by atoms with Crippen molar-refractivity contribution in [3.8, 4) is 11.1 Å². The standard InChI is InChI=1S/C26H28.Hf/c1-3-5-19-26(18-4-2,20-12-6-7-13-20)25-23-16-10-8-14-21(23)22-15-9-11-17-24(22)25;/h3,6-17,20,25H,1,4-5,18-19H2,2H3;. The molecule has 0 saturated carbocycles. The quantitative estimate of drug-likeness (QED) is 0.267. The third kappa shape index (κ3) is 3.40. The molecule has 2 aromatic carbocycles. The zero-order valence-corrected chi connectivity index (χ0v) is 19.8. The van der Waals surface area contributed by atoms with Crippen molar-refractivity contribution in [2.45, 2.75) is 38.5 Å². The molecule has 0 spiro atoms. The molecule has 1 atom stereocenters. The normalized spacial score (nSPS) is 17.2. The Morgan fingerprint density at radius 2 is 1.44 bits per heavy atom. The Hall–Kier alpha value is -1.47. The molecule has 136 valence electrons. The number of allylic oxidation sites excluding steroid dienone is 5. The predicted octanol–water partition coefficient (Wildman–Crippen LogP) is 7.29. The molecule has 0 bridgehead atoms. The van der Waals surface area contributed by atoms with Gasteiger partial charge in [0, 0.05) is 37.7 Å². The molecule has 0 heterocycles. The van der Waals surface area contributed by atoms with Crippen molar-refractivity contribution in [2.75, 3.05) is 0 Å². The van der Waals surface area contributed by atoms with Crippen LogP contribution in [0.15, 0.2) is 85.5 Å². The van der Waals surface area contributed by atoms with Gasteiger partial charge in [0.15, 0.2) is 0 Å². The zero-order valence-electron chi connectivity index (χ0n) is 16.2. The number of hydrogen-bond donors (Lipinski definition) is 0. The summed E-state index contributed by atoms with van der Waals surface area (Å²) in [4.78, 5) is 0. The Balaban J connectivity index is 0.00000210. The summed E-state index contributed by atoms with van der Waals surface area (Å²) in [5.74, 6) is 0.943. The van der Waals surface area contributed by atoms with Crippen LogP contribution < -0.4 is 0 Å². The van der Waals surface area contributed by atoms with Gasteiger partial charge in [-0.2, -0.15) is 0 Å². The van der Waals surface area contributed by atoms with Crippen LogP contribution in [0.4, 0.5) is 0 Å². The van der Waals surface area contributed by atoms with Crippen molar-refractivity contribution in [3.05, 3.63) is 96.6 Å². The molecule has 0 N–H and O–H groups in total. The first-order valence-corrected chi connectivity index (χ1v) is 9.96. The van der Waals surface area contributed by atoms with Gasteiger partial charge in [-0.1, -0.05) is 92.3 Å². The summed E-state index contributed by atoms with van der Waals surface area (Å²) >= 11 is 0. The fourth-order valence-corrected chi connectivity index (χ4v) is 5.37. The average molecular weight is 519 g/mol. The van der Waals surface area contributed by atoms with Crippen molar-refractivity contribution in [1.82, 2.24) is 0 Å². The average Bonchev–Trinajstić information content (AvgIpc) is 3.32. The van der Waals surface area contributed by atoms with E-state index in [9.17, 15) is 0 Å². The van der Waals surface area contributed by atoms with Gasteiger partial charge in [-0.3, -0.25) is 0 Å². The van der Waals surface area contributed by atoms with E-state index < -0.39 is 0 Å². The molecule has 0 fully saturated rings. The van der Waals surface area contributed by atoms with Crippen molar-refractivity contribution in [3.63, 3.8) is 0 Å². The Morgan fingerprint density at radius 3 is 1.96 bits per heavy atom. The van der Waals surface area contributed by atoms with Gasteiger partial charge in [0.2, 0.25) is 0 Å². The first-order chi connectivity index (χ1) is 12.8. The molecule has 0 amide bonds. The minimum absolute atomic E-state index is 0. The van der Waals surface area contributed by atoms with Gasteiger partial charge in [0.25, 0.3) is 0 Å². The summed E-state index contributed by atoms with van der Waals surface area (Å²) in [6.07, 6.45) is 16.1. The van der Waals surface area contributed by atoms with Crippen LogP contribution >= 0.6 is 0 Å². The molecule has 0 nitrogen and oxygen atoms in total. The fraction of sp³-hybridized carbons (Fsp3) is 0.308. The van der Waals surface area contributed by atoms with Crippen LogP contribution in [0.1, 0.15) is 49.7 Å². The summed E-state index contributed by atoms with van der Waals surface area (Å²) in [6.45, 7) is 6.36. The van der Waals surface area contributed by atoms with Crippen molar-refractivity contribution >= 4 is 0 Å². The van der Waals surface area contributed by atoms with Crippen LogP contribution in [-0.4, -0.2) is 0 Å². The number of fused-ring (bicyclic) bond motifs is 3. The maximum Gasteiger partial charge on any atom is 0.0167 e. The minimum Gasteiger partial charge on any atom is -0.103 e. The van der Waals surface area contributed by atoms with Crippen LogP contribution in [0, 0.1) is 11.3 Å². The summed E-state index contributed by atoms with van der Waals surface area (Å²) in [5, 5.41) is 0. The van der Waals surface area contributed by atoms with Gasteiger partial charge in [-0.05, 0) is 46.9 Å². The van der Waals surface area contributed by atoms with E-state index in [1.807, 2.05) is 0 Å². The van der Waals surface area contributed by atoms with Crippen LogP contribution in [0.25, 0.3) is 11.1 Å². The summed E-state index contributed by atoms with van der Waals surface area (Å²) < 4.78 is 0. The van der Waals surface area contributed by atoms with Gasteiger partial charge in [-0.25, -0.2) is 0 Å². The maximum atomic E-state index is 4.03. The maximum absolute atomic E-state index is 4.03. The number of hydrogen-bond acceptors (Lipinski definition) is 0. The van der Waals surface area contributed by atoms with Gasteiger partial charge < -0.3 is 0 Å². The molecule has 1 heteroatoms. The van der Waals surface area contributed by atoms with Crippen LogP contribution in [0.3, 0.4) is 0 Å². The summed E-state index contributed by atoms with van der Waals surface area (Å²) in [7, 11) is 0. The van der Waals surface area contributed by atoms with Gasteiger partial charge in [0.1, 0.15) is 0 Å². The Bertz CT molecular complexity index is 803. The second kappa shape index (κ2) is 8.69. The Labute approximate surface area is 182 Å². The molecule has 0 radical (unpaired) electrons. The van der Waals surface area contributed by atoms with Gasteiger partial charge in [-0.15, -0.1) is 6.58 Å². The van der Waals surface area contributed by atoms with Crippen LogP contribution in [-0.2, 0) is 25.8 Å². The molecule has 0 saturated heterocycles. The van der Waals surface area contributed by atoms with E-state index in [0.29, 0.717) is 11.8 Å². The van der Waals surface area contributed by atoms with Crippen molar-refractivity contribution < 1.29 is 25.8 Å². The smallest absolute Gasteiger partial charge is 0.0167 e. The second-order valence-electron chi connectivity index (χ2n) is 7.71. The number of benzene rings is 2. The van der Waals surface area contributed by atoms with E-state index >= 15 is 0 Å². The zero-order chi connectivity index (χ0) is 18.0. The molecule has 2 aromatic rings. The fourth-order valence-electron chi connectivity index (χ4n) is 5.37. The van der Waals surface area contributed by atoms with Crippen molar-refractivity contribution in [1.29, 1.82) is 0 Å². The van der Waals surface area contributed by atoms with E-state index in [1.54, 1.807) is 0 Å². The third-order valence-electron chi connectivity index (χ3n) is 6.35. The molecule has 2 aliphatic rings. The number of rotatable bonds is 7. The third-order valence-corrected chi connectivity index (χ3v) is 6.35. The molecule has 27 heavy (non-hydrogen) atoms.